The van der Waals surface area contributed by atoms with Crippen molar-refractivity contribution >= 4 is 16.6 Å². The van der Waals surface area contributed by atoms with E-state index in [1.807, 2.05) is 6.07 Å². The van der Waals surface area contributed by atoms with Gasteiger partial charge in [-0.3, -0.25) is 10.1 Å². The van der Waals surface area contributed by atoms with Crippen LogP contribution in [0.5, 0.6) is 0 Å². The van der Waals surface area contributed by atoms with Gasteiger partial charge < -0.3 is 10.3 Å². The second kappa shape index (κ2) is 3.88. The zero-order chi connectivity index (χ0) is 12.6. The first-order valence-electron chi connectivity index (χ1n) is 4.96. The van der Waals surface area contributed by atoms with E-state index in [0.717, 1.165) is 0 Å². The van der Waals surface area contributed by atoms with Crippen molar-refractivity contribution in [3.05, 3.63) is 39.6 Å². The quantitative estimate of drug-likeness (QED) is 0.623. The van der Waals surface area contributed by atoms with E-state index < -0.39 is 4.92 Å². The number of nitro benzene ring substituents is 1. The molecule has 6 heteroatoms. The van der Waals surface area contributed by atoms with Gasteiger partial charge in [0.05, 0.1) is 4.92 Å². The standard InChI is InChI=1S/C11H10N4O2/c1-14-10(6-13)8(5-12)7-3-2-4-9(11(7)14)15(16)17/h2-4H,5,12H2,1H3. The molecule has 2 aromatic rings. The average molecular weight is 230 g/mol. The van der Waals surface area contributed by atoms with Gasteiger partial charge in [-0.05, 0) is 0 Å². The molecule has 1 heterocycles. The molecule has 0 fully saturated rings. The molecule has 0 saturated carbocycles. The van der Waals surface area contributed by atoms with Gasteiger partial charge >= 0.3 is 0 Å². The Hall–Kier alpha value is -2.39. The monoisotopic (exact) mass is 230 g/mol. The van der Waals surface area contributed by atoms with Gasteiger partial charge in [0.1, 0.15) is 17.3 Å². The van der Waals surface area contributed by atoms with Crippen LogP contribution in [0.4, 0.5) is 5.69 Å². The Kier molecular flexibility index (Phi) is 2.54. The van der Waals surface area contributed by atoms with E-state index in [1.54, 1.807) is 19.2 Å². The Balaban J connectivity index is 2.99. The highest BCUT2D eigenvalue weighted by atomic mass is 16.6. The maximum atomic E-state index is 10.9. The molecule has 0 spiro atoms. The number of rotatable bonds is 2. The van der Waals surface area contributed by atoms with Crippen molar-refractivity contribution in [3.63, 3.8) is 0 Å². The molecule has 0 unspecified atom stereocenters. The summed E-state index contributed by atoms with van der Waals surface area (Å²) in [4.78, 5) is 10.5. The molecule has 0 amide bonds. The highest BCUT2D eigenvalue weighted by Crippen LogP contribution is 2.31. The topological polar surface area (TPSA) is 97.9 Å². The van der Waals surface area contributed by atoms with Crippen LogP contribution in [0.15, 0.2) is 18.2 Å². The average Bonchev–Trinajstić information content (AvgIpc) is 2.61. The third-order valence-electron chi connectivity index (χ3n) is 2.80. The molecular weight excluding hydrogens is 220 g/mol. The molecule has 2 rings (SSSR count). The lowest BCUT2D eigenvalue weighted by Crippen LogP contribution is -2.00. The number of nitriles is 1. The van der Waals surface area contributed by atoms with Gasteiger partial charge in [0.2, 0.25) is 0 Å². The third kappa shape index (κ3) is 1.45. The molecule has 86 valence electrons. The van der Waals surface area contributed by atoms with Gasteiger partial charge in [0, 0.05) is 30.6 Å². The second-order valence-electron chi connectivity index (χ2n) is 3.63. The van der Waals surface area contributed by atoms with Crippen LogP contribution >= 0.6 is 0 Å². The van der Waals surface area contributed by atoms with Gasteiger partial charge in [0.25, 0.3) is 5.69 Å². The molecule has 2 N–H and O–H groups in total. The van der Waals surface area contributed by atoms with Gasteiger partial charge in [-0.2, -0.15) is 5.26 Å². The van der Waals surface area contributed by atoms with E-state index in [1.165, 1.54) is 10.6 Å². The minimum Gasteiger partial charge on any atom is -0.330 e. The summed E-state index contributed by atoms with van der Waals surface area (Å²) in [6.07, 6.45) is 0. The number of hydrogen-bond donors (Lipinski definition) is 1. The lowest BCUT2D eigenvalue weighted by molar-refractivity contribution is -0.383. The summed E-state index contributed by atoms with van der Waals surface area (Å²) in [5.41, 5.74) is 7.04. The number of nitrogens with zero attached hydrogens (tertiary/aromatic N) is 3. The largest absolute Gasteiger partial charge is 0.330 e. The van der Waals surface area contributed by atoms with Crippen molar-refractivity contribution in [2.75, 3.05) is 0 Å². The van der Waals surface area contributed by atoms with Crippen molar-refractivity contribution in [3.8, 4) is 6.07 Å². The van der Waals surface area contributed by atoms with Crippen LogP contribution in [-0.4, -0.2) is 9.49 Å². The van der Waals surface area contributed by atoms with E-state index in [4.69, 9.17) is 11.0 Å². The van der Waals surface area contributed by atoms with E-state index in [0.29, 0.717) is 22.2 Å². The second-order valence-corrected chi connectivity index (χ2v) is 3.63. The van der Waals surface area contributed by atoms with Crippen LogP contribution < -0.4 is 5.73 Å². The molecule has 0 aliphatic heterocycles. The van der Waals surface area contributed by atoms with Crippen LogP contribution in [0, 0.1) is 21.4 Å². The Labute approximate surface area is 97.0 Å². The first kappa shape index (κ1) is 11.1. The maximum absolute atomic E-state index is 10.9. The number of fused-ring (bicyclic) bond motifs is 1. The Morgan fingerprint density at radius 3 is 2.82 bits per heavy atom. The third-order valence-corrected chi connectivity index (χ3v) is 2.80. The maximum Gasteiger partial charge on any atom is 0.293 e. The van der Waals surface area contributed by atoms with Gasteiger partial charge in [-0.25, -0.2) is 0 Å². The zero-order valence-electron chi connectivity index (χ0n) is 9.17. The fraction of sp³-hybridized carbons (Fsp3) is 0.182. The van der Waals surface area contributed by atoms with Gasteiger partial charge in [-0.15, -0.1) is 0 Å². The predicted octanol–water partition coefficient (Wildman–Crippen LogP) is 1.42. The molecular formula is C11H10N4O2. The number of non-ortho nitro benzene ring substituents is 1. The van der Waals surface area contributed by atoms with Crippen LogP contribution in [0.2, 0.25) is 0 Å². The summed E-state index contributed by atoms with van der Waals surface area (Å²) in [7, 11) is 1.63. The van der Waals surface area contributed by atoms with Gasteiger partial charge in [-0.1, -0.05) is 12.1 Å². The molecule has 0 aliphatic rings. The minimum atomic E-state index is -0.455. The lowest BCUT2D eigenvalue weighted by atomic mass is 10.1. The zero-order valence-corrected chi connectivity index (χ0v) is 9.17. The molecule has 1 aromatic carbocycles. The van der Waals surface area contributed by atoms with Gasteiger partial charge in [0.15, 0.2) is 0 Å². The molecule has 0 radical (unpaired) electrons. The Morgan fingerprint density at radius 2 is 2.29 bits per heavy atom. The summed E-state index contributed by atoms with van der Waals surface area (Å²) in [5, 5.41) is 20.7. The van der Waals surface area contributed by atoms with Crippen LogP contribution in [0.25, 0.3) is 10.9 Å². The molecule has 0 bridgehead atoms. The molecule has 6 nitrogen and oxygen atoms in total. The van der Waals surface area contributed by atoms with Crippen molar-refractivity contribution < 1.29 is 4.92 Å². The van der Waals surface area contributed by atoms with Crippen molar-refractivity contribution in [2.45, 2.75) is 6.54 Å². The molecule has 0 saturated heterocycles. The Bertz CT molecular complexity index is 652. The molecule has 0 aliphatic carbocycles. The summed E-state index contributed by atoms with van der Waals surface area (Å²) < 4.78 is 1.52. The van der Waals surface area contributed by atoms with Crippen molar-refractivity contribution in [1.29, 1.82) is 5.26 Å². The fourth-order valence-corrected chi connectivity index (χ4v) is 2.07. The summed E-state index contributed by atoms with van der Waals surface area (Å²) in [6.45, 7) is 0.182. The van der Waals surface area contributed by atoms with Crippen molar-refractivity contribution in [2.24, 2.45) is 12.8 Å². The lowest BCUT2D eigenvalue weighted by Gasteiger charge is -1.98. The summed E-state index contributed by atoms with van der Waals surface area (Å²) in [6, 6.07) is 6.79. The van der Waals surface area contributed by atoms with Crippen LogP contribution in [-0.2, 0) is 13.6 Å². The van der Waals surface area contributed by atoms with E-state index in [-0.39, 0.29) is 12.2 Å². The minimum absolute atomic E-state index is 0.0128. The van der Waals surface area contributed by atoms with E-state index in [2.05, 4.69) is 0 Å². The number of aryl methyl sites for hydroxylation is 1. The number of hydrogen-bond acceptors (Lipinski definition) is 4. The number of nitro groups is 1. The highest BCUT2D eigenvalue weighted by molar-refractivity contribution is 5.93. The summed E-state index contributed by atoms with van der Waals surface area (Å²) >= 11 is 0. The molecule has 0 atom stereocenters. The van der Waals surface area contributed by atoms with Crippen molar-refractivity contribution in [1.82, 2.24) is 4.57 Å². The number of benzene rings is 1. The first-order chi connectivity index (χ1) is 8.11. The molecule has 1 aromatic heterocycles. The summed E-state index contributed by atoms with van der Waals surface area (Å²) in [5.74, 6) is 0. The molecule has 17 heavy (non-hydrogen) atoms. The predicted molar refractivity (Wildman–Crippen MR) is 62.2 cm³/mol. The highest BCUT2D eigenvalue weighted by Gasteiger charge is 2.21. The van der Waals surface area contributed by atoms with E-state index in [9.17, 15) is 10.1 Å². The SMILES string of the molecule is Cn1c(C#N)c(CN)c2cccc([N+](=O)[O-])c21. The first-order valence-corrected chi connectivity index (χ1v) is 4.96. The number of aromatic nitrogens is 1. The van der Waals surface area contributed by atoms with Crippen LogP contribution in [0.1, 0.15) is 11.3 Å². The smallest absolute Gasteiger partial charge is 0.293 e. The Morgan fingerprint density at radius 1 is 1.59 bits per heavy atom. The normalized spacial score (nSPS) is 10.4. The van der Waals surface area contributed by atoms with E-state index >= 15 is 0 Å². The number of nitrogens with two attached hydrogens (primary N) is 1. The van der Waals surface area contributed by atoms with Crippen LogP contribution in [0.3, 0.4) is 0 Å². The number of para-hydroxylation sites is 1. The fourth-order valence-electron chi connectivity index (χ4n) is 2.07.